The molecule has 0 spiro atoms. The van der Waals surface area contributed by atoms with Crippen LogP contribution < -0.4 is 15.4 Å². The van der Waals surface area contributed by atoms with Crippen LogP contribution in [0, 0.1) is 5.82 Å². The summed E-state index contributed by atoms with van der Waals surface area (Å²) in [5, 5.41) is 5.32. The number of carbonyl (C=O) groups excluding carboxylic acids is 2. The number of nitrogens with one attached hydrogen (secondary N) is 2. The Hall–Kier alpha value is -3.67. The van der Waals surface area contributed by atoms with Crippen molar-refractivity contribution in [3.05, 3.63) is 95.8 Å². The van der Waals surface area contributed by atoms with Gasteiger partial charge in [-0.2, -0.15) is 0 Å². The molecule has 0 saturated carbocycles. The molecular weight excluding hydrogens is 371 g/mol. The summed E-state index contributed by atoms with van der Waals surface area (Å²) in [5.41, 5.74) is 1.35. The van der Waals surface area contributed by atoms with Gasteiger partial charge in [-0.3, -0.25) is 9.59 Å². The lowest BCUT2D eigenvalue weighted by molar-refractivity contribution is -0.122. The van der Waals surface area contributed by atoms with Gasteiger partial charge in [0, 0.05) is 6.54 Å². The Bertz CT molecular complexity index is 992. The molecule has 1 unspecified atom stereocenters. The van der Waals surface area contributed by atoms with Gasteiger partial charge in [0.1, 0.15) is 11.6 Å². The molecule has 29 heavy (non-hydrogen) atoms. The van der Waals surface area contributed by atoms with Gasteiger partial charge in [-0.25, -0.2) is 4.39 Å². The number of rotatable bonds is 7. The highest BCUT2D eigenvalue weighted by Gasteiger charge is 2.19. The first kappa shape index (κ1) is 20.1. The van der Waals surface area contributed by atoms with E-state index in [-0.39, 0.29) is 17.3 Å². The summed E-state index contributed by atoms with van der Waals surface area (Å²) in [6.07, 6.45) is -0.933. The molecule has 0 aliphatic heterocycles. The third kappa shape index (κ3) is 5.42. The van der Waals surface area contributed by atoms with Crippen molar-refractivity contribution in [1.29, 1.82) is 0 Å². The predicted octanol–water partition coefficient (Wildman–Crippen LogP) is 4.16. The summed E-state index contributed by atoms with van der Waals surface area (Å²) >= 11 is 0. The highest BCUT2D eigenvalue weighted by atomic mass is 19.1. The molecule has 6 heteroatoms. The molecule has 0 aliphatic rings. The Kier molecular flexibility index (Phi) is 6.58. The van der Waals surface area contributed by atoms with Crippen LogP contribution in [0.5, 0.6) is 5.75 Å². The zero-order chi connectivity index (χ0) is 20.6. The van der Waals surface area contributed by atoms with Crippen LogP contribution in [0.2, 0.25) is 0 Å². The van der Waals surface area contributed by atoms with Crippen LogP contribution in [-0.4, -0.2) is 17.9 Å². The van der Waals surface area contributed by atoms with Crippen LogP contribution >= 0.6 is 0 Å². The average Bonchev–Trinajstić information content (AvgIpc) is 2.74. The maximum atomic E-state index is 13.7. The van der Waals surface area contributed by atoms with Gasteiger partial charge in [0.05, 0.1) is 11.3 Å². The zero-order valence-electron chi connectivity index (χ0n) is 15.9. The van der Waals surface area contributed by atoms with E-state index in [0.717, 1.165) is 5.56 Å². The summed E-state index contributed by atoms with van der Waals surface area (Å²) in [6.45, 7) is 1.91. The first-order valence-electron chi connectivity index (χ1n) is 9.18. The largest absolute Gasteiger partial charge is 0.480 e. The molecule has 2 N–H and O–H groups in total. The van der Waals surface area contributed by atoms with E-state index in [2.05, 4.69) is 10.6 Å². The molecule has 0 aliphatic carbocycles. The molecule has 0 heterocycles. The molecule has 0 bridgehead atoms. The number of hydrogen-bond donors (Lipinski definition) is 2. The van der Waals surface area contributed by atoms with Crippen LogP contribution in [-0.2, 0) is 11.3 Å². The molecular formula is C23H21FN2O3. The van der Waals surface area contributed by atoms with E-state index in [0.29, 0.717) is 12.1 Å². The zero-order valence-corrected chi connectivity index (χ0v) is 15.9. The van der Waals surface area contributed by atoms with Crippen LogP contribution in [0.4, 0.5) is 10.1 Å². The van der Waals surface area contributed by atoms with E-state index in [9.17, 15) is 14.0 Å². The van der Waals surface area contributed by atoms with Crippen LogP contribution in [0.15, 0.2) is 78.9 Å². The van der Waals surface area contributed by atoms with Gasteiger partial charge in [0.2, 0.25) is 0 Å². The first-order valence-corrected chi connectivity index (χ1v) is 9.18. The molecule has 0 radical (unpaired) electrons. The molecule has 0 fully saturated rings. The lowest BCUT2D eigenvalue weighted by Crippen LogP contribution is -2.31. The van der Waals surface area contributed by atoms with Crippen molar-refractivity contribution in [2.75, 3.05) is 5.32 Å². The molecule has 1 atom stereocenters. The van der Waals surface area contributed by atoms with E-state index in [1.807, 2.05) is 30.3 Å². The fourth-order valence-corrected chi connectivity index (χ4v) is 2.67. The van der Waals surface area contributed by atoms with E-state index in [1.165, 1.54) is 25.1 Å². The molecule has 0 aromatic heterocycles. The Morgan fingerprint density at radius 2 is 1.59 bits per heavy atom. The summed E-state index contributed by atoms with van der Waals surface area (Å²) in [6, 6.07) is 22.1. The van der Waals surface area contributed by atoms with Crippen molar-refractivity contribution < 1.29 is 18.7 Å². The van der Waals surface area contributed by atoms with Crippen molar-refractivity contribution in [2.45, 2.75) is 19.6 Å². The van der Waals surface area contributed by atoms with Crippen LogP contribution in [0.25, 0.3) is 0 Å². The minimum atomic E-state index is -0.933. The number of anilines is 1. The van der Waals surface area contributed by atoms with Crippen molar-refractivity contribution in [3.8, 4) is 5.75 Å². The second kappa shape index (κ2) is 9.50. The lowest BCUT2D eigenvalue weighted by Gasteiger charge is -2.17. The number of amides is 2. The van der Waals surface area contributed by atoms with Gasteiger partial charge in [0.15, 0.2) is 6.10 Å². The fraction of sp³-hybridized carbons (Fsp3) is 0.130. The highest BCUT2D eigenvalue weighted by Crippen LogP contribution is 2.20. The third-order valence-electron chi connectivity index (χ3n) is 4.23. The Morgan fingerprint density at radius 1 is 0.931 bits per heavy atom. The molecule has 3 aromatic rings. The molecule has 5 nitrogen and oxygen atoms in total. The summed E-state index contributed by atoms with van der Waals surface area (Å²) in [4.78, 5) is 24.9. The monoisotopic (exact) mass is 392 g/mol. The minimum absolute atomic E-state index is 0.0711. The normalized spacial score (nSPS) is 11.4. The van der Waals surface area contributed by atoms with Gasteiger partial charge in [-0.05, 0) is 36.8 Å². The van der Waals surface area contributed by atoms with Crippen molar-refractivity contribution in [3.63, 3.8) is 0 Å². The second-order valence-electron chi connectivity index (χ2n) is 6.39. The second-order valence-corrected chi connectivity index (χ2v) is 6.39. The minimum Gasteiger partial charge on any atom is -0.480 e. The Balaban J connectivity index is 1.65. The van der Waals surface area contributed by atoms with Gasteiger partial charge in [-0.1, -0.05) is 54.6 Å². The smallest absolute Gasteiger partial charge is 0.265 e. The summed E-state index contributed by atoms with van der Waals surface area (Å²) in [5.74, 6) is -1.09. The number of halogens is 1. The standard InChI is InChI=1S/C23H21FN2O3/c1-16(22(27)26-20-13-7-6-12-19(20)24)29-21-14-8-5-11-18(21)23(28)25-15-17-9-3-2-4-10-17/h2-14,16H,15H2,1H3,(H,25,28)(H,26,27). The Morgan fingerprint density at radius 3 is 2.34 bits per heavy atom. The fourth-order valence-electron chi connectivity index (χ4n) is 2.67. The van der Waals surface area contributed by atoms with E-state index in [1.54, 1.807) is 30.3 Å². The van der Waals surface area contributed by atoms with E-state index in [4.69, 9.17) is 4.74 Å². The maximum Gasteiger partial charge on any atom is 0.265 e. The number of carbonyl (C=O) groups is 2. The van der Waals surface area contributed by atoms with Crippen LogP contribution in [0.1, 0.15) is 22.8 Å². The maximum absolute atomic E-state index is 13.7. The number of ether oxygens (including phenoxy) is 1. The first-order chi connectivity index (χ1) is 14.0. The summed E-state index contributed by atoms with van der Waals surface area (Å²) in [7, 11) is 0. The molecule has 3 rings (SSSR count). The molecule has 0 saturated heterocycles. The van der Waals surface area contributed by atoms with Crippen molar-refractivity contribution in [2.24, 2.45) is 0 Å². The van der Waals surface area contributed by atoms with Gasteiger partial charge >= 0.3 is 0 Å². The quantitative estimate of drug-likeness (QED) is 0.634. The van der Waals surface area contributed by atoms with E-state index >= 15 is 0 Å². The number of hydrogen-bond acceptors (Lipinski definition) is 3. The Labute approximate surface area is 168 Å². The number of benzene rings is 3. The SMILES string of the molecule is CC(Oc1ccccc1C(=O)NCc1ccccc1)C(=O)Nc1ccccc1F. The number of para-hydroxylation sites is 2. The van der Waals surface area contributed by atoms with Gasteiger partial charge < -0.3 is 15.4 Å². The molecule has 148 valence electrons. The molecule has 2 amide bonds. The van der Waals surface area contributed by atoms with E-state index < -0.39 is 17.8 Å². The topological polar surface area (TPSA) is 67.4 Å². The highest BCUT2D eigenvalue weighted by molar-refractivity contribution is 5.97. The average molecular weight is 392 g/mol. The lowest BCUT2D eigenvalue weighted by atomic mass is 10.1. The van der Waals surface area contributed by atoms with Crippen molar-refractivity contribution in [1.82, 2.24) is 5.32 Å². The van der Waals surface area contributed by atoms with Crippen molar-refractivity contribution >= 4 is 17.5 Å². The third-order valence-corrected chi connectivity index (χ3v) is 4.23. The van der Waals surface area contributed by atoms with Gasteiger partial charge in [-0.15, -0.1) is 0 Å². The summed E-state index contributed by atoms with van der Waals surface area (Å²) < 4.78 is 19.4. The van der Waals surface area contributed by atoms with Gasteiger partial charge in [0.25, 0.3) is 11.8 Å². The van der Waals surface area contributed by atoms with Crippen LogP contribution in [0.3, 0.4) is 0 Å². The predicted molar refractivity (Wildman–Crippen MR) is 109 cm³/mol. The molecule has 3 aromatic carbocycles.